The van der Waals surface area contributed by atoms with E-state index in [0.29, 0.717) is 19.1 Å². The van der Waals surface area contributed by atoms with Crippen molar-refractivity contribution in [1.82, 2.24) is 15.1 Å². The molecule has 2 heterocycles. The Balaban J connectivity index is 1.62. The highest BCUT2D eigenvalue weighted by Crippen LogP contribution is 2.09. The molecule has 6 nitrogen and oxygen atoms in total. The second kappa shape index (κ2) is 8.70. The summed E-state index contributed by atoms with van der Waals surface area (Å²) in [7, 11) is 0. The zero-order valence-corrected chi connectivity index (χ0v) is 14.2. The maximum atomic E-state index is 12.2. The Hall–Kier alpha value is -0.850. The highest BCUT2D eigenvalue weighted by atomic mass is 16.5. The summed E-state index contributed by atoms with van der Waals surface area (Å²) in [6.07, 6.45) is 1.15. The minimum Gasteiger partial charge on any atom is -0.379 e. The molecule has 128 valence electrons. The summed E-state index contributed by atoms with van der Waals surface area (Å²) in [6.45, 7) is 13.1. The number of amides is 2. The van der Waals surface area contributed by atoms with Gasteiger partial charge in [0.2, 0.25) is 0 Å². The molecule has 0 bridgehead atoms. The number of nitrogens with one attached hydrogen (secondary N) is 1. The zero-order valence-electron chi connectivity index (χ0n) is 14.2. The van der Waals surface area contributed by atoms with E-state index in [1.54, 1.807) is 0 Å². The van der Waals surface area contributed by atoms with Gasteiger partial charge >= 0.3 is 6.03 Å². The Morgan fingerprint density at radius 2 is 2.00 bits per heavy atom. The summed E-state index contributed by atoms with van der Waals surface area (Å²) in [6, 6.07) is 0.0600. The van der Waals surface area contributed by atoms with Gasteiger partial charge in [0.05, 0.1) is 25.4 Å². The van der Waals surface area contributed by atoms with Gasteiger partial charge in [-0.25, -0.2) is 4.79 Å². The van der Waals surface area contributed by atoms with Gasteiger partial charge in [0.25, 0.3) is 0 Å². The van der Waals surface area contributed by atoms with Gasteiger partial charge in [0.15, 0.2) is 0 Å². The summed E-state index contributed by atoms with van der Waals surface area (Å²) in [5.74, 6) is 0.678. The lowest BCUT2D eigenvalue weighted by Gasteiger charge is -2.36. The van der Waals surface area contributed by atoms with E-state index in [1.807, 2.05) is 11.8 Å². The van der Waals surface area contributed by atoms with Crippen molar-refractivity contribution in [1.29, 1.82) is 0 Å². The van der Waals surface area contributed by atoms with E-state index in [4.69, 9.17) is 9.47 Å². The molecule has 1 N–H and O–H groups in total. The number of carbonyl (C=O) groups excluding carboxylic acids is 1. The van der Waals surface area contributed by atoms with Crippen molar-refractivity contribution in [3.8, 4) is 0 Å². The fourth-order valence-corrected chi connectivity index (χ4v) is 2.92. The first kappa shape index (κ1) is 17.5. The van der Waals surface area contributed by atoms with E-state index in [9.17, 15) is 4.79 Å². The summed E-state index contributed by atoms with van der Waals surface area (Å²) in [5, 5.41) is 3.03. The quantitative estimate of drug-likeness (QED) is 0.800. The topological polar surface area (TPSA) is 54.0 Å². The lowest BCUT2D eigenvalue weighted by atomic mass is 10.2. The van der Waals surface area contributed by atoms with E-state index >= 15 is 0 Å². The van der Waals surface area contributed by atoms with E-state index in [0.717, 1.165) is 45.8 Å². The van der Waals surface area contributed by atoms with Gasteiger partial charge in [-0.2, -0.15) is 0 Å². The van der Waals surface area contributed by atoms with Crippen LogP contribution in [0.15, 0.2) is 0 Å². The number of carbonyl (C=O) groups is 1. The first-order valence-electron chi connectivity index (χ1n) is 8.51. The van der Waals surface area contributed by atoms with Crippen molar-refractivity contribution in [3.63, 3.8) is 0 Å². The molecule has 2 aliphatic heterocycles. The lowest BCUT2D eigenvalue weighted by Crippen LogP contribution is -2.54. The maximum Gasteiger partial charge on any atom is 0.317 e. The van der Waals surface area contributed by atoms with E-state index in [2.05, 4.69) is 24.1 Å². The summed E-state index contributed by atoms with van der Waals surface area (Å²) < 4.78 is 11.0. The van der Waals surface area contributed by atoms with E-state index in [-0.39, 0.29) is 18.2 Å². The molecule has 2 fully saturated rings. The molecule has 2 unspecified atom stereocenters. The average molecular weight is 313 g/mol. The molecule has 0 spiro atoms. The summed E-state index contributed by atoms with van der Waals surface area (Å²) >= 11 is 0. The number of nitrogens with zero attached hydrogens (tertiary/aromatic N) is 2. The second-order valence-electron chi connectivity index (χ2n) is 6.85. The molecular weight excluding hydrogens is 282 g/mol. The van der Waals surface area contributed by atoms with Gasteiger partial charge in [-0.3, -0.25) is 4.90 Å². The van der Waals surface area contributed by atoms with Crippen molar-refractivity contribution in [3.05, 3.63) is 0 Å². The molecule has 0 aromatic carbocycles. The number of urea groups is 1. The number of piperazine rings is 1. The van der Waals surface area contributed by atoms with Gasteiger partial charge in [-0.1, -0.05) is 13.8 Å². The molecule has 0 aromatic rings. The largest absolute Gasteiger partial charge is 0.379 e. The van der Waals surface area contributed by atoms with E-state index < -0.39 is 0 Å². The van der Waals surface area contributed by atoms with Crippen LogP contribution in [0.3, 0.4) is 0 Å². The number of hydrogen-bond acceptors (Lipinski definition) is 4. The lowest BCUT2D eigenvalue weighted by molar-refractivity contribution is 0.0325. The molecule has 2 aliphatic rings. The van der Waals surface area contributed by atoms with Crippen molar-refractivity contribution in [2.75, 3.05) is 52.5 Å². The molecule has 2 atom stereocenters. The van der Waals surface area contributed by atoms with Crippen LogP contribution in [0.1, 0.15) is 27.2 Å². The van der Waals surface area contributed by atoms with Gasteiger partial charge in [-0.05, 0) is 19.3 Å². The molecule has 0 aliphatic carbocycles. The highest BCUT2D eigenvalue weighted by molar-refractivity contribution is 5.74. The average Bonchev–Trinajstić information content (AvgIpc) is 2.98. The van der Waals surface area contributed by atoms with Gasteiger partial charge in [0, 0.05) is 39.3 Å². The predicted octanol–water partition coefficient (Wildman–Crippen LogP) is 1.16. The van der Waals surface area contributed by atoms with Gasteiger partial charge < -0.3 is 19.7 Å². The molecule has 2 amide bonds. The Morgan fingerprint density at radius 3 is 2.59 bits per heavy atom. The van der Waals surface area contributed by atoms with Crippen LogP contribution in [0.2, 0.25) is 0 Å². The first-order valence-corrected chi connectivity index (χ1v) is 8.51. The second-order valence-corrected chi connectivity index (χ2v) is 6.85. The Kier molecular flexibility index (Phi) is 6.92. The third-order valence-electron chi connectivity index (χ3n) is 4.12. The maximum absolute atomic E-state index is 12.2. The molecule has 0 radical (unpaired) electrons. The highest BCUT2D eigenvalue weighted by Gasteiger charge is 2.23. The van der Waals surface area contributed by atoms with Crippen LogP contribution >= 0.6 is 0 Å². The van der Waals surface area contributed by atoms with Crippen LogP contribution in [-0.2, 0) is 9.47 Å². The number of rotatable bonds is 6. The normalized spacial score (nSPS) is 24.7. The fraction of sp³-hybridized carbons (Fsp3) is 0.938. The predicted molar refractivity (Wildman–Crippen MR) is 86.0 cm³/mol. The number of ether oxygens (including phenoxy) is 2. The molecule has 22 heavy (non-hydrogen) atoms. The zero-order chi connectivity index (χ0) is 15.9. The van der Waals surface area contributed by atoms with Gasteiger partial charge in [-0.15, -0.1) is 0 Å². The van der Waals surface area contributed by atoms with E-state index in [1.165, 1.54) is 0 Å². The third-order valence-corrected chi connectivity index (χ3v) is 4.12. The Morgan fingerprint density at radius 1 is 1.27 bits per heavy atom. The fourth-order valence-electron chi connectivity index (χ4n) is 2.92. The molecular formula is C16H31N3O3. The van der Waals surface area contributed by atoms with Crippen molar-refractivity contribution < 1.29 is 14.3 Å². The van der Waals surface area contributed by atoms with Crippen LogP contribution < -0.4 is 5.32 Å². The molecule has 2 saturated heterocycles. The van der Waals surface area contributed by atoms with Crippen LogP contribution in [0.4, 0.5) is 4.79 Å². The Labute approximate surface area is 134 Å². The first-order chi connectivity index (χ1) is 10.5. The number of hydrogen-bond donors (Lipinski definition) is 1. The minimum atomic E-state index is 0.0294. The summed E-state index contributed by atoms with van der Waals surface area (Å²) in [4.78, 5) is 16.6. The summed E-state index contributed by atoms with van der Waals surface area (Å²) in [5.41, 5.74) is 0. The van der Waals surface area contributed by atoms with Crippen molar-refractivity contribution in [2.45, 2.75) is 39.3 Å². The standard InChI is InChI=1S/C16H31N3O3/c1-13(2)10-18-5-7-19(8-6-18)16(20)17-14(3)11-22-15-4-9-21-12-15/h13-15H,4-12H2,1-3H3,(H,17,20). The molecule has 0 aromatic heterocycles. The third kappa shape index (κ3) is 5.74. The van der Waals surface area contributed by atoms with Crippen LogP contribution in [0.25, 0.3) is 0 Å². The SMILES string of the molecule is CC(C)CN1CCN(C(=O)NC(C)COC2CCOC2)CC1. The monoisotopic (exact) mass is 313 g/mol. The van der Waals surface area contributed by atoms with Crippen LogP contribution in [-0.4, -0.2) is 80.5 Å². The van der Waals surface area contributed by atoms with Crippen molar-refractivity contribution in [2.24, 2.45) is 5.92 Å². The van der Waals surface area contributed by atoms with Crippen molar-refractivity contribution >= 4 is 6.03 Å². The minimum absolute atomic E-state index is 0.0294. The van der Waals surface area contributed by atoms with Crippen LogP contribution in [0.5, 0.6) is 0 Å². The van der Waals surface area contributed by atoms with Gasteiger partial charge in [0.1, 0.15) is 0 Å². The smallest absolute Gasteiger partial charge is 0.317 e. The Bertz CT molecular complexity index is 338. The molecule has 2 rings (SSSR count). The van der Waals surface area contributed by atoms with Crippen LogP contribution in [0, 0.1) is 5.92 Å². The molecule has 6 heteroatoms. The molecule has 0 saturated carbocycles.